The number of nitrogens with zero attached hydrogens (tertiary/aromatic N) is 3. The molecule has 2 rings (SSSR count). The molecule has 0 saturated heterocycles. The lowest BCUT2D eigenvalue weighted by Crippen LogP contribution is -2.52. The lowest BCUT2D eigenvalue weighted by molar-refractivity contribution is -0.140. The number of methoxy groups -OCH3 is 1. The van der Waals surface area contributed by atoms with Gasteiger partial charge in [0.15, 0.2) is 0 Å². The van der Waals surface area contributed by atoms with Gasteiger partial charge in [0.1, 0.15) is 6.10 Å². The van der Waals surface area contributed by atoms with Gasteiger partial charge in [0.05, 0.1) is 12.1 Å². The van der Waals surface area contributed by atoms with Gasteiger partial charge in [-0.05, 0) is 32.3 Å². The highest BCUT2D eigenvalue weighted by Crippen LogP contribution is 2.25. The van der Waals surface area contributed by atoms with Crippen LogP contribution in [0.4, 0.5) is 0 Å². The van der Waals surface area contributed by atoms with E-state index in [9.17, 15) is 9.90 Å². The average molecular weight is 295 g/mol. The van der Waals surface area contributed by atoms with E-state index in [1.165, 1.54) is 0 Å². The molecule has 6 nitrogen and oxygen atoms in total. The zero-order valence-corrected chi connectivity index (χ0v) is 13.0. The first kappa shape index (κ1) is 16.0. The predicted molar refractivity (Wildman–Crippen MR) is 78.8 cm³/mol. The molecule has 1 aromatic rings. The molecule has 0 aromatic carbocycles. The molecule has 6 heteroatoms. The van der Waals surface area contributed by atoms with Crippen molar-refractivity contribution in [3.8, 4) is 0 Å². The van der Waals surface area contributed by atoms with Crippen LogP contribution in [0.5, 0.6) is 0 Å². The van der Waals surface area contributed by atoms with Crippen LogP contribution in [0.15, 0.2) is 12.3 Å². The first-order valence-electron chi connectivity index (χ1n) is 7.49. The van der Waals surface area contributed by atoms with E-state index in [4.69, 9.17) is 4.74 Å². The van der Waals surface area contributed by atoms with Gasteiger partial charge in [0.2, 0.25) is 5.91 Å². The van der Waals surface area contributed by atoms with Crippen molar-refractivity contribution in [1.82, 2.24) is 14.7 Å². The highest BCUT2D eigenvalue weighted by molar-refractivity contribution is 5.76. The molecular formula is C15H25N3O3. The highest BCUT2D eigenvalue weighted by Gasteiger charge is 2.35. The second kappa shape index (κ2) is 7.04. The molecule has 3 atom stereocenters. The summed E-state index contributed by atoms with van der Waals surface area (Å²) in [7, 11) is 3.38. The molecule has 21 heavy (non-hydrogen) atoms. The van der Waals surface area contributed by atoms with Crippen molar-refractivity contribution in [2.45, 2.75) is 57.4 Å². The maximum atomic E-state index is 12.3. The van der Waals surface area contributed by atoms with E-state index in [1.54, 1.807) is 25.3 Å². The van der Waals surface area contributed by atoms with Crippen molar-refractivity contribution in [2.24, 2.45) is 0 Å². The molecule has 1 N–H and O–H groups in total. The van der Waals surface area contributed by atoms with Gasteiger partial charge in [-0.2, -0.15) is 5.10 Å². The number of aromatic nitrogens is 2. The normalized spacial score (nSPS) is 25.8. The summed E-state index contributed by atoms with van der Waals surface area (Å²) in [6.45, 7) is 2.54. The molecular weight excluding hydrogens is 270 g/mol. The number of rotatable bonds is 5. The van der Waals surface area contributed by atoms with Gasteiger partial charge in [-0.15, -0.1) is 0 Å². The van der Waals surface area contributed by atoms with Crippen LogP contribution in [0, 0.1) is 6.92 Å². The SMILES string of the molecule is CO[C@@H]1CCC[C@@H](N(C)C(=O)CCn2nccc2C)[C@H]1O. The number of carbonyl (C=O) groups excluding carboxylic acids is 1. The lowest BCUT2D eigenvalue weighted by Gasteiger charge is -2.39. The van der Waals surface area contributed by atoms with Crippen LogP contribution in [0.1, 0.15) is 31.4 Å². The van der Waals surface area contributed by atoms with Gasteiger partial charge in [0, 0.05) is 39.0 Å². The van der Waals surface area contributed by atoms with Crippen LogP contribution in [-0.2, 0) is 16.1 Å². The summed E-state index contributed by atoms with van der Waals surface area (Å²) in [4.78, 5) is 14.0. The van der Waals surface area contributed by atoms with Crippen LogP contribution >= 0.6 is 0 Å². The predicted octanol–water partition coefficient (Wildman–Crippen LogP) is 0.968. The van der Waals surface area contributed by atoms with Crippen molar-refractivity contribution < 1.29 is 14.6 Å². The number of ether oxygens (including phenoxy) is 1. The molecule has 0 spiro atoms. The Morgan fingerprint density at radius 3 is 2.95 bits per heavy atom. The van der Waals surface area contributed by atoms with Gasteiger partial charge in [-0.3, -0.25) is 9.48 Å². The third-order valence-corrected chi connectivity index (χ3v) is 4.42. The standard InChI is InChI=1S/C15H25N3O3/c1-11-7-9-16-18(11)10-8-14(19)17(2)12-5-4-6-13(21-3)15(12)20/h7,9,12-13,15,20H,4-6,8,10H2,1-3H3/t12-,13-,15-/m1/s1. The minimum atomic E-state index is -0.607. The average Bonchev–Trinajstić information content (AvgIpc) is 2.89. The van der Waals surface area contributed by atoms with E-state index in [2.05, 4.69) is 5.10 Å². The number of carbonyl (C=O) groups is 1. The summed E-state index contributed by atoms with van der Waals surface area (Å²) in [6, 6.07) is 1.76. The number of aliphatic hydroxyl groups excluding tert-OH is 1. The second-order valence-electron chi connectivity index (χ2n) is 5.71. The Hall–Kier alpha value is -1.40. The lowest BCUT2D eigenvalue weighted by atomic mass is 9.89. The zero-order chi connectivity index (χ0) is 15.4. The maximum Gasteiger partial charge on any atom is 0.224 e. The van der Waals surface area contributed by atoms with E-state index in [0.717, 1.165) is 25.0 Å². The summed E-state index contributed by atoms with van der Waals surface area (Å²) in [5, 5.41) is 14.5. The molecule has 1 fully saturated rings. The number of hydrogen-bond acceptors (Lipinski definition) is 4. The summed E-state index contributed by atoms with van der Waals surface area (Å²) in [6.07, 6.45) is 3.98. The van der Waals surface area contributed by atoms with Gasteiger partial charge in [-0.1, -0.05) is 0 Å². The van der Waals surface area contributed by atoms with Crippen molar-refractivity contribution >= 4 is 5.91 Å². The molecule has 0 radical (unpaired) electrons. The van der Waals surface area contributed by atoms with E-state index >= 15 is 0 Å². The largest absolute Gasteiger partial charge is 0.388 e. The molecule has 0 unspecified atom stereocenters. The Bertz CT molecular complexity index is 474. The second-order valence-corrected chi connectivity index (χ2v) is 5.71. The summed E-state index contributed by atoms with van der Waals surface area (Å²) in [5.74, 6) is 0.0331. The molecule has 0 aliphatic heterocycles. The van der Waals surface area contributed by atoms with Gasteiger partial charge >= 0.3 is 0 Å². The molecule has 1 saturated carbocycles. The highest BCUT2D eigenvalue weighted by atomic mass is 16.5. The smallest absolute Gasteiger partial charge is 0.224 e. The number of hydrogen-bond donors (Lipinski definition) is 1. The maximum absolute atomic E-state index is 12.3. The number of likely N-dealkylation sites (N-methyl/N-ethyl adjacent to an activating group) is 1. The van der Waals surface area contributed by atoms with E-state index in [1.807, 2.05) is 17.7 Å². The number of aryl methyl sites for hydroxylation is 2. The molecule has 0 bridgehead atoms. The fourth-order valence-corrected chi connectivity index (χ4v) is 2.99. The Morgan fingerprint density at radius 1 is 1.57 bits per heavy atom. The van der Waals surface area contributed by atoms with Crippen molar-refractivity contribution in [3.63, 3.8) is 0 Å². The van der Waals surface area contributed by atoms with Crippen molar-refractivity contribution in [2.75, 3.05) is 14.2 Å². The summed E-state index contributed by atoms with van der Waals surface area (Å²) >= 11 is 0. The fourth-order valence-electron chi connectivity index (χ4n) is 2.99. The first-order valence-corrected chi connectivity index (χ1v) is 7.49. The Morgan fingerprint density at radius 2 is 2.33 bits per heavy atom. The van der Waals surface area contributed by atoms with Crippen LogP contribution in [0.2, 0.25) is 0 Å². The minimum absolute atomic E-state index is 0.0331. The van der Waals surface area contributed by atoms with Gasteiger partial charge < -0.3 is 14.7 Å². The Kier molecular flexibility index (Phi) is 5.36. The van der Waals surface area contributed by atoms with E-state index < -0.39 is 6.10 Å². The van der Waals surface area contributed by atoms with E-state index in [-0.39, 0.29) is 18.1 Å². The topological polar surface area (TPSA) is 67.6 Å². The van der Waals surface area contributed by atoms with Crippen LogP contribution in [0.3, 0.4) is 0 Å². The number of amides is 1. The third-order valence-electron chi connectivity index (χ3n) is 4.42. The molecule has 1 aliphatic carbocycles. The monoisotopic (exact) mass is 295 g/mol. The Balaban J connectivity index is 1.91. The van der Waals surface area contributed by atoms with Crippen molar-refractivity contribution in [3.05, 3.63) is 18.0 Å². The van der Waals surface area contributed by atoms with Crippen LogP contribution < -0.4 is 0 Å². The molecule has 118 valence electrons. The van der Waals surface area contributed by atoms with Gasteiger partial charge in [-0.25, -0.2) is 0 Å². The first-order chi connectivity index (χ1) is 10.0. The molecule has 1 amide bonds. The molecule has 1 heterocycles. The third kappa shape index (κ3) is 3.63. The molecule has 1 aromatic heterocycles. The minimum Gasteiger partial charge on any atom is -0.388 e. The number of aliphatic hydroxyl groups is 1. The summed E-state index contributed by atoms with van der Waals surface area (Å²) < 4.78 is 7.12. The van der Waals surface area contributed by atoms with Crippen LogP contribution in [0.25, 0.3) is 0 Å². The van der Waals surface area contributed by atoms with E-state index in [0.29, 0.717) is 13.0 Å². The zero-order valence-electron chi connectivity index (χ0n) is 13.0. The Labute approximate surface area is 125 Å². The van der Waals surface area contributed by atoms with Crippen LogP contribution in [-0.4, -0.2) is 58.1 Å². The molecule has 1 aliphatic rings. The van der Waals surface area contributed by atoms with Crippen molar-refractivity contribution in [1.29, 1.82) is 0 Å². The van der Waals surface area contributed by atoms with Gasteiger partial charge in [0.25, 0.3) is 0 Å². The fraction of sp³-hybridized carbons (Fsp3) is 0.733. The summed E-state index contributed by atoms with van der Waals surface area (Å²) in [5.41, 5.74) is 1.04. The quantitative estimate of drug-likeness (QED) is 0.879.